The highest BCUT2D eigenvalue weighted by Gasteiger charge is 2.12. The maximum atomic E-state index is 12.9. The van der Waals surface area contributed by atoms with Crippen LogP contribution in [0.25, 0.3) is 6.08 Å². The third kappa shape index (κ3) is 4.80. The van der Waals surface area contributed by atoms with Crippen LogP contribution in [0.15, 0.2) is 48.5 Å². The second kappa shape index (κ2) is 7.95. The monoisotopic (exact) mass is 341 g/mol. The molecule has 0 aromatic heterocycles. The van der Waals surface area contributed by atoms with Crippen molar-refractivity contribution in [3.05, 3.63) is 65.5 Å². The van der Waals surface area contributed by atoms with Crippen LogP contribution >= 0.6 is 0 Å². The Bertz CT molecular complexity index is 828. The molecular weight excluding hydrogens is 325 g/mol. The van der Waals surface area contributed by atoms with Crippen LogP contribution in [0.1, 0.15) is 18.1 Å². The van der Waals surface area contributed by atoms with Crippen molar-refractivity contribution in [1.82, 2.24) is 5.06 Å². The first-order chi connectivity index (χ1) is 11.9. The minimum atomic E-state index is -0.981. The van der Waals surface area contributed by atoms with E-state index in [-0.39, 0.29) is 5.82 Å². The summed E-state index contributed by atoms with van der Waals surface area (Å²) in [7, 11) is 0. The third-order valence-corrected chi connectivity index (χ3v) is 3.36. The van der Waals surface area contributed by atoms with E-state index in [0.29, 0.717) is 27.7 Å². The Morgan fingerprint density at radius 1 is 1.32 bits per heavy atom. The van der Waals surface area contributed by atoms with E-state index < -0.39 is 12.1 Å². The van der Waals surface area contributed by atoms with Crippen molar-refractivity contribution >= 4 is 12.1 Å². The van der Waals surface area contributed by atoms with Crippen molar-refractivity contribution in [2.24, 2.45) is 5.73 Å². The predicted molar refractivity (Wildman–Crippen MR) is 89.3 cm³/mol. The Morgan fingerprint density at radius 3 is 2.56 bits per heavy atom. The van der Waals surface area contributed by atoms with Crippen LogP contribution in [0, 0.1) is 17.1 Å². The molecule has 0 radical (unpaired) electrons. The van der Waals surface area contributed by atoms with Gasteiger partial charge in [-0.05, 0) is 55.0 Å². The van der Waals surface area contributed by atoms with Crippen LogP contribution in [0.2, 0.25) is 0 Å². The number of hydrogen-bond acceptors (Lipinski definition) is 4. The van der Waals surface area contributed by atoms with Gasteiger partial charge in [-0.1, -0.05) is 12.2 Å². The van der Waals surface area contributed by atoms with Crippen molar-refractivity contribution in [2.75, 3.05) is 0 Å². The highest BCUT2D eigenvalue weighted by atomic mass is 19.1. The first-order valence-corrected chi connectivity index (χ1v) is 7.34. The summed E-state index contributed by atoms with van der Waals surface area (Å²) in [6.07, 6.45) is 3.09. The Kier molecular flexibility index (Phi) is 5.71. The van der Waals surface area contributed by atoms with Gasteiger partial charge >= 0.3 is 6.03 Å². The van der Waals surface area contributed by atoms with Gasteiger partial charge in [0.15, 0.2) is 0 Å². The first-order valence-electron chi connectivity index (χ1n) is 7.34. The van der Waals surface area contributed by atoms with Crippen LogP contribution < -0.4 is 10.5 Å². The lowest BCUT2D eigenvalue weighted by molar-refractivity contribution is -0.0560. The maximum absolute atomic E-state index is 12.9. The number of urea groups is 1. The van der Waals surface area contributed by atoms with Gasteiger partial charge in [-0.3, -0.25) is 5.21 Å². The number of amides is 2. The van der Waals surface area contributed by atoms with Gasteiger partial charge in [-0.15, -0.1) is 0 Å². The zero-order chi connectivity index (χ0) is 18.4. The number of rotatable bonds is 5. The molecular formula is C18H16FN3O3. The summed E-state index contributed by atoms with van der Waals surface area (Å²) in [5.74, 6) is 0.533. The zero-order valence-corrected chi connectivity index (χ0v) is 13.4. The lowest BCUT2D eigenvalue weighted by Gasteiger charge is -2.16. The molecule has 0 aliphatic rings. The molecule has 1 unspecified atom stereocenters. The number of hydroxylamine groups is 2. The fourth-order valence-corrected chi connectivity index (χ4v) is 2.01. The van der Waals surface area contributed by atoms with Gasteiger partial charge in [-0.25, -0.2) is 9.18 Å². The number of carbonyl (C=O) groups is 1. The molecule has 2 aromatic rings. The van der Waals surface area contributed by atoms with Crippen LogP contribution in [0.5, 0.6) is 11.5 Å². The standard InChI is InChI=1S/C18H16FN3O3/c1-12(22(24)18(21)23)2-3-13-10-17(7-4-14(13)11-20)25-16-8-5-15(19)6-9-16/h2-10,12,24H,1H3,(H2,21,23). The van der Waals surface area contributed by atoms with Crippen molar-refractivity contribution in [3.8, 4) is 17.6 Å². The highest BCUT2D eigenvalue weighted by Crippen LogP contribution is 2.25. The van der Waals surface area contributed by atoms with E-state index in [1.54, 1.807) is 31.2 Å². The molecule has 0 aliphatic carbocycles. The molecule has 128 valence electrons. The molecule has 0 saturated heterocycles. The van der Waals surface area contributed by atoms with Gasteiger partial charge in [0.25, 0.3) is 0 Å². The van der Waals surface area contributed by atoms with Crippen molar-refractivity contribution < 1.29 is 19.1 Å². The third-order valence-electron chi connectivity index (χ3n) is 3.36. The molecule has 2 amide bonds. The summed E-state index contributed by atoms with van der Waals surface area (Å²) in [6.45, 7) is 1.56. The van der Waals surface area contributed by atoms with E-state index in [4.69, 9.17) is 10.5 Å². The normalized spacial score (nSPS) is 11.8. The number of nitrogens with two attached hydrogens (primary N) is 1. The quantitative estimate of drug-likeness (QED) is 0.640. The Hall–Kier alpha value is -3.37. The summed E-state index contributed by atoms with van der Waals surface area (Å²) in [5.41, 5.74) is 5.91. The fraction of sp³-hybridized carbons (Fsp3) is 0.111. The highest BCUT2D eigenvalue weighted by molar-refractivity contribution is 5.71. The Labute approximate surface area is 144 Å². The van der Waals surface area contributed by atoms with Crippen LogP contribution in [-0.4, -0.2) is 22.3 Å². The Morgan fingerprint density at radius 2 is 1.96 bits per heavy atom. The number of nitriles is 1. The van der Waals surface area contributed by atoms with Crippen LogP contribution in [0.3, 0.4) is 0 Å². The molecule has 0 spiro atoms. The average Bonchev–Trinajstić information content (AvgIpc) is 2.61. The molecule has 1 atom stereocenters. The minimum Gasteiger partial charge on any atom is -0.457 e. The number of ether oxygens (including phenoxy) is 1. The smallest absolute Gasteiger partial charge is 0.339 e. The lowest BCUT2D eigenvalue weighted by Crippen LogP contribution is -2.38. The molecule has 2 rings (SSSR count). The van der Waals surface area contributed by atoms with Crippen LogP contribution in [0.4, 0.5) is 9.18 Å². The summed E-state index contributed by atoms with van der Waals surface area (Å²) < 4.78 is 18.6. The van der Waals surface area contributed by atoms with E-state index in [2.05, 4.69) is 0 Å². The van der Waals surface area contributed by atoms with Crippen molar-refractivity contribution in [2.45, 2.75) is 13.0 Å². The SMILES string of the molecule is CC(C=Cc1cc(Oc2ccc(F)cc2)ccc1C#N)N(O)C(N)=O. The van der Waals surface area contributed by atoms with Gasteiger partial charge in [0.05, 0.1) is 17.7 Å². The van der Waals surface area contributed by atoms with E-state index in [1.165, 1.54) is 30.3 Å². The summed E-state index contributed by atoms with van der Waals surface area (Å²) in [6, 6.07) is 10.7. The molecule has 7 heteroatoms. The molecule has 0 saturated carbocycles. The average molecular weight is 341 g/mol. The van der Waals surface area contributed by atoms with Gasteiger partial charge in [-0.2, -0.15) is 10.3 Å². The van der Waals surface area contributed by atoms with Crippen molar-refractivity contribution in [1.29, 1.82) is 5.26 Å². The fourth-order valence-electron chi connectivity index (χ4n) is 2.01. The largest absolute Gasteiger partial charge is 0.457 e. The summed E-state index contributed by atoms with van der Waals surface area (Å²) in [4.78, 5) is 10.9. The second-order valence-electron chi connectivity index (χ2n) is 5.20. The second-order valence-corrected chi connectivity index (χ2v) is 5.20. The molecule has 0 heterocycles. The number of benzene rings is 2. The lowest BCUT2D eigenvalue weighted by atomic mass is 10.1. The topological polar surface area (TPSA) is 99.6 Å². The summed E-state index contributed by atoms with van der Waals surface area (Å²) >= 11 is 0. The van der Waals surface area contributed by atoms with Gasteiger partial charge in [0, 0.05) is 0 Å². The minimum absolute atomic E-state index is 0.368. The number of primary amides is 1. The van der Waals surface area contributed by atoms with E-state index in [0.717, 1.165) is 0 Å². The predicted octanol–water partition coefficient (Wildman–Crippen LogP) is 3.66. The number of nitrogens with zero attached hydrogens (tertiary/aromatic N) is 2. The molecule has 25 heavy (non-hydrogen) atoms. The van der Waals surface area contributed by atoms with Gasteiger partial charge in [0.1, 0.15) is 17.3 Å². The number of halogens is 1. The van der Waals surface area contributed by atoms with Crippen LogP contribution in [-0.2, 0) is 0 Å². The van der Waals surface area contributed by atoms with Gasteiger partial charge < -0.3 is 10.5 Å². The van der Waals surface area contributed by atoms with Gasteiger partial charge in [0.2, 0.25) is 0 Å². The summed E-state index contributed by atoms with van der Waals surface area (Å²) in [5, 5.41) is 19.0. The van der Waals surface area contributed by atoms with E-state index in [1.807, 2.05) is 6.07 Å². The zero-order valence-electron chi connectivity index (χ0n) is 13.4. The molecule has 0 aliphatic heterocycles. The van der Waals surface area contributed by atoms with E-state index in [9.17, 15) is 19.7 Å². The maximum Gasteiger partial charge on any atom is 0.339 e. The van der Waals surface area contributed by atoms with Crippen molar-refractivity contribution in [3.63, 3.8) is 0 Å². The number of carbonyl (C=O) groups excluding carboxylic acids is 1. The molecule has 3 N–H and O–H groups in total. The molecule has 6 nitrogen and oxygen atoms in total. The molecule has 0 fully saturated rings. The Balaban J connectivity index is 2.23. The molecule has 2 aromatic carbocycles. The number of hydrogen-bond donors (Lipinski definition) is 2. The first kappa shape index (κ1) is 18.0. The van der Waals surface area contributed by atoms with E-state index >= 15 is 0 Å². The molecule has 0 bridgehead atoms.